The number of fused-ring (bicyclic) bond motifs is 2. The largest absolute Gasteiger partial charge is 0.737 e. The molecule has 0 bridgehead atoms. The van der Waals surface area contributed by atoms with Crippen molar-refractivity contribution in [1.29, 1.82) is 0 Å². The molecule has 1 aromatic heterocycles. The summed E-state index contributed by atoms with van der Waals surface area (Å²) in [5.74, 6) is 0.624. The van der Waals surface area contributed by atoms with Crippen molar-refractivity contribution in [2.24, 2.45) is 5.73 Å². The van der Waals surface area contributed by atoms with E-state index in [4.69, 9.17) is 10.5 Å². The Labute approximate surface area is 223 Å². The molecule has 0 saturated carbocycles. The van der Waals surface area contributed by atoms with E-state index >= 15 is 8.63 Å². The molecule has 37 heavy (non-hydrogen) atoms. The number of halogens is 3. The van der Waals surface area contributed by atoms with E-state index in [2.05, 4.69) is 5.32 Å². The number of nitrogens with one attached hydrogen (secondary N) is 1. The summed E-state index contributed by atoms with van der Waals surface area (Å²) in [5.41, 5.74) is 9.77. The molecule has 200 valence electrons. The predicted molar refractivity (Wildman–Crippen MR) is 148 cm³/mol. The summed E-state index contributed by atoms with van der Waals surface area (Å²) in [4.78, 5) is 12.4. The van der Waals surface area contributed by atoms with Crippen molar-refractivity contribution in [3.63, 3.8) is 0 Å². The minimum Gasteiger partial charge on any atom is -0.497 e. The van der Waals surface area contributed by atoms with Gasteiger partial charge in [0, 0.05) is 48.5 Å². The molecule has 0 atom stereocenters. The number of nitrogens with two attached hydrogens (primary N) is 1. The molecular weight excluding hydrogens is 497 g/mol. The lowest BCUT2D eigenvalue weighted by Gasteiger charge is -2.31. The fraction of sp³-hybridized carbons (Fsp3) is 0.407. The number of rotatable bonds is 11. The number of nitrogens with zero attached hydrogens (tertiary/aromatic N) is 2. The van der Waals surface area contributed by atoms with Crippen LogP contribution in [0.2, 0.25) is 0 Å². The summed E-state index contributed by atoms with van der Waals surface area (Å²) in [7, 11) is 1.57. The number of carbonyl (C=O) groups is 1. The zero-order valence-electron chi connectivity index (χ0n) is 21.7. The number of carbonyl (C=O) groups excluding carboxylic acids is 1. The average Bonchev–Trinajstić information content (AvgIpc) is 3.40. The molecule has 6 nitrogen and oxygen atoms in total. The second-order valence-electron chi connectivity index (χ2n) is 9.47. The lowest BCUT2D eigenvalue weighted by molar-refractivity contribution is -0.362. The molecule has 0 spiro atoms. The summed E-state index contributed by atoms with van der Waals surface area (Å²) >= 11 is 0. The molecular formula is C27H36BClF2N4O2. The van der Waals surface area contributed by atoms with Crippen molar-refractivity contribution in [3.05, 3.63) is 58.9 Å². The monoisotopic (exact) mass is 532 g/mol. The van der Waals surface area contributed by atoms with Crippen LogP contribution in [0.15, 0.2) is 53.2 Å². The Morgan fingerprint density at radius 1 is 1.08 bits per heavy atom. The van der Waals surface area contributed by atoms with E-state index in [-0.39, 0.29) is 24.7 Å². The highest BCUT2D eigenvalue weighted by atomic mass is 35.5. The van der Waals surface area contributed by atoms with E-state index in [0.29, 0.717) is 53.6 Å². The Morgan fingerprint density at radius 3 is 2.46 bits per heavy atom. The molecule has 4 rings (SSSR count). The number of ether oxygens (including phenoxy) is 1. The fourth-order valence-corrected chi connectivity index (χ4v) is 5.24. The second kappa shape index (κ2) is 12.1. The van der Waals surface area contributed by atoms with Gasteiger partial charge in [-0.1, -0.05) is 12.8 Å². The molecule has 0 radical (unpaired) electrons. The van der Waals surface area contributed by atoms with Crippen molar-refractivity contribution in [1.82, 2.24) is 9.79 Å². The third kappa shape index (κ3) is 5.67. The van der Waals surface area contributed by atoms with Crippen molar-refractivity contribution < 1.29 is 22.6 Å². The van der Waals surface area contributed by atoms with Crippen molar-refractivity contribution in [3.8, 4) is 17.0 Å². The van der Waals surface area contributed by atoms with Gasteiger partial charge in [0.05, 0.1) is 7.11 Å². The maximum atomic E-state index is 16.1. The first-order valence-electron chi connectivity index (χ1n) is 12.7. The molecule has 2 aliphatic rings. The first-order valence-corrected chi connectivity index (χ1v) is 12.7. The predicted octanol–water partition coefficient (Wildman–Crippen LogP) is 5.38. The number of hydrogen-bond donors (Lipinski definition) is 2. The van der Waals surface area contributed by atoms with Gasteiger partial charge in [0.2, 0.25) is 5.91 Å². The van der Waals surface area contributed by atoms with Gasteiger partial charge in [-0.15, -0.1) is 12.4 Å². The Balaban J connectivity index is 0.00000380. The molecule has 2 aromatic rings. The van der Waals surface area contributed by atoms with Crippen LogP contribution in [0.25, 0.3) is 17.3 Å². The topological polar surface area (TPSA) is 72.3 Å². The van der Waals surface area contributed by atoms with Crippen LogP contribution in [0.1, 0.15) is 58.1 Å². The quantitative estimate of drug-likeness (QED) is 0.301. The first-order chi connectivity index (χ1) is 17.3. The molecule has 3 N–H and O–H groups in total. The maximum Gasteiger partial charge on any atom is 0.737 e. The highest BCUT2D eigenvalue weighted by Crippen LogP contribution is 2.40. The normalized spacial score (nSPS) is 15.7. The van der Waals surface area contributed by atoms with Crippen molar-refractivity contribution in [2.75, 3.05) is 20.2 Å². The smallest absolute Gasteiger partial charge is 0.497 e. The van der Waals surface area contributed by atoms with E-state index in [1.807, 2.05) is 13.0 Å². The number of unbranched alkanes of at least 4 members (excludes halogenated alkanes) is 3. The van der Waals surface area contributed by atoms with Crippen molar-refractivity contribution >= 4 is 37.1 Å². The molecule has 0 fully saturated rings. The average molecular weight is 533 g/mol. The van der Waals surface area contributed by atoms with E-state index < -0.39 is 6.97 Å². The standard InChI is InChI=1S/C27H35BF2N4O2.ClH/c1-19-24(13-15-27(35)32-17-7-5-4-6-16-31)20(2)33-26(19)18-22-10-14-25(34(22)28(33,29)30)21-8-11-23(36-3)12-9-21;/h8-12,14,18H,4-7,13,15-17,31H2,1-3H3,(H,32,35);1H. The van der Waals surface area contributed by atoms with Crippen LogP contribution in [0.3, 0.4) is 0 Å². The highest BCUT2D eigenvalue weighted by Gasteiger charge is 2.54. The van der Waals surface area contributed by atoms with Gasteiger partial charge >= 0.3 is 6.97 Å². The van der Waals surface area contributed by atoms with Gasteiger partial charge in [-0.2, -0.15) is 0 Å². The number of methoxy groups -OCH3 is 1. The molecule has 2 aliphatic heterocycles. The number of amides is 1. The molecule has 0 aliphatic carbocycles. The van der Waals surface area contributed by atoms with E-state index in [1.54, 1.807) is 50.4 Å². The molecule has 1 amide bonds. The van der Waals surface area contributed by atoms with Gasteiger partial charge in [0.15, 0.2) is 5.70 Å². The third-order valence-corrected chi connectivity index (χ3v) is 7.19. The van der Waals surface area contributed by atoms with Gasteiger partial charge in [-0.05, 0) is 74.7 Å². The summed E-state index contributed by atoms with van der Waals surface area (Å²) in [6.07, 6.45) is 6.54. The Kier molecular flexibility index (Phi) is 9.37. The molecule has 0 unspecified atom stereocenters. The molecule has 10 heteroatoms. The fourth-order valence-electron chi connectivity index (χ4n) is 5.24. The van der Waals surface area contributed by atoms with Crippen molar-refractivity contribution in [2.45, 2.75) is 52.4 Å². The van der Waals surface area contributed by atoms with Gasteiger partial charge in [0.1, 0.15) is 11.5 Å². The third-order valence-electron chi connectivity index (χ3n) is 7.19. The Bertz CT molecular complexity index is 1240. The van der Waals surface area contributed by atoms with Gasteiger partial charge in [-0.25, -0.2) is 0 Å². The molecule has 0 saturated heterocycles. The van der Waals surface area contributed by atoms with E-state index in [0.717, 1.165) is 41.3 Å². The van der Waals surface area contributed by atoms with Crippen LogP contribution < -0.4 is 15.8 Å². The van der Waals surface area contributed by atoms with Crippen LogP contribution in [-0.2, 0) is 4.79 Å². The molecule has 3 heterocycles. The second-order valence-corrected chi connectivity index (χ2v) is 9.47. The number of hydrogen-bond acceptors (Lipinski definition) is 3. The van der Waals surface area contributed by atoms with E-state index in [1.165, 1.54) is 4.49 Å². The van der Waals surface area contributed by atoms with Gasteiger partial charge in [0.25, 0.3) is 0 Å². The minimum atomic E-state index is -4.11. The lowest BCUT2D eigenvalue weighted by Crippen LogP contribution is -2.50. The van der Waals surface area contributed by atoms with Crippen LogP contribution in [0.5, 0.6) is 5.75 Å². The lowest BCUT2D eigenvalue weighted by atomic mass is 9.89. The highest BCUT2D eigenvalue weighted by molar-refractivity contribution is 6.58. The number of benzene rings is 1. The van der Waals surface area contributed by atoms with Gasteiger partial charge in [-0.3, -0.25) is 4.79 Å². The van der Waals surface area contributed by atoms with E-state index in [9.17, 15) is 4.79 Å². The maximum absolute atomic E-state index is 16.1. The molecule has 1 aromatic carbocycles. The zero-order chi connectivity index (χ0) is 25.9. The summed E-state index contributed by atoms with van der Waals surface area (Å²) in [6.45, 7) is 0.809. The zero-order valence-corrected chi connectivity index (χ0v) is 22.5. The Morgan fingerprint density at radius 2 is 1.78 bits per heavy atom. The van der Waals surface area contributed by atoms with Crippen LogP contribution >= 0.6 is 12.4 Å². The first kappa shape index (κ1) is 28.7. The number of allylic oxidation sites excluding steroid dienone is 2. The number of aromatic nitrogens is 1. The summed E-state index contributed by atoms with van der Waals surface area (Å²) < 4.78 is 39.8. The van der Waals surface area contributed by atoms with Gasteiger partial charge < -0.3 is 33.4 Å². The summed E-state index contributed by atoms with van der Waals surface area (Å²) in [6, 6.07) is 10.6. The minimum absolute atomic E-state index is 0. The van der Waals surface area contributed by atoms with Crippen LogP contribution in [0, 0.1) is 0 Å². The van der Waals surface area contributed by atoms with Crippen LogP contribution in [0.4, 0.5) is 8.63 Å². The van der Waals surface area contributed by atoms with Crippen LogP contribution in [-0.4, -0.2) is 47.8 Å². The Hall–Kier alpha value is -2.91. The SMILES string of the molecule is COc1ccc(-c2ccc3n2[B-](F)(F)[N+]2=C(C)C(CCC(=O)NCCCCCCN)=C(C)C2=C3)cc1.Cl. The summed E-state index contributed by atoms with van der Waals surface area (Å²) in [5, 5.41) is 2.95.